The van der Waals surface area contributed by atoms with Crippen LogP contribution >= 0.6 is 12.4 Å². The molecule has 2 rings (SSSR count). The van der Waals surface area contributed by atoms with E-state index in [-0.39, 0.29) is 24.4 Å². The Kier molecular flexibility index (Phi) is 6.91. The number of benzene rings is 2. The van der Waals surface area contributed by atoms with Crippen LogP contribution in [0.15, 0.2) is 48.5 Å². The first kappa shape index (κ1) is 18.8. The number of rotatable bonds is 5. The molecule has 23 heavy (non-hydrogen) atoms. The van der Waals surface area contributed by atoms with Gasteiger partial charge >= 0.3 is 0 Å². The van der Waals surface area contributed by atoms with Gasteiger partial charge in [0.2, 0.25) is 0 Å². The number of amides is 1. The zero-order chi connectivity index (χ0) is 16.1. The first-order valence-corrected chi connectivity index (χ1v) is 7.32. The number of carbonyl (C=O) groups excluding carboxylic acids is 1. The van der Waals surface area contributed by atoms with E-state index in [0.29, 0.717) is 17.8 Å². The number of carbonyl (C=O) groups is 1. The summed E-state index contributed by atoms with van der Waals surface area (Å²) in [6.45, 7) is 4.51. The zero-order valence-electron chi connectivity index (χ0n) is 13.7. The molecule has 0 aliphatic carbocycles. The summed E-state index contributed by atoms with van der Waals surface area (Å²) in [7, 11) is 1.79. The SMILES string of the molecule is CC(C)Oc1cccc(CN(C)C(=O)c2ccc(N)cc2)c1.Cl. The third-order valence-electron chi connectivity index (χ3n) is 3.19. The minimum absolute atomic E-state index is 0. The van der Waals surface area contributed by atoms with Gasteiger partial charge in [-0.05, 0) is 55.8 Å². The molecule has 0 aliphatic heterocycles. The van der Waals surface area contributed by atoms with Crippen LogP contribution in [0.5, 0.6) is 5.75 Å². The maximum Gasteiger partial charge on any atom is 0.253 e. The second kappa shape index (κ2) is 8.44. The van der Waals surface area contributed by atoms with Crippen molar-refractivity contribution in [1.82, 2.24) is 4.90 Å². The van der Waals surface area contributed by atoms with E-state index in [2.05, 4.69) is 0 Å². The maximum atomic E-state index is 12.4. The molecule has 2 aromatic carbocycles. The van der Waals surface area contributed by atoms with Crippen LogP contribution in [0, 0.1) is 0 Å². The summed E-state index contributed by atoms with van der Waals surface area (Å²) >= 11 is 0. The standard InChI is InChI=1S/C18H22N2O2.ClH/c1-13(2)22-17-6-4-5-14(11-17)12-20(3)18(21)15-7-9-16(19)10-8-15;/h4-11,13H,12,19H2,1-3H3;1H. The molecule has 1 amide bonds. The van der Waals surface area contributed by atoms with Crippen molar-refractivity contribution in [2.24, 2.45) is 0 Å². The molecule has 0 atom stereocenters. The van der Waals surface area contributed by atoms with Gasteiger partial charge in [-0.15, -0.1) is 12.4 Å². The molecule has 0 saturated carbocycles. The summed E-state index contributed by atoms with van der Waals surface area (Å²) in [6.07, 6.45) is 0.129. The summed E-state index contributed by atoms with van der Waals surface area (Å²) in [5.74, 6) is 0.788. The van der Waals surface area contributed by atoms with Crippen molar-refractivity contribution in [2.75, 3.05) is 12.8 Å². The minimum atomic E-state index is -0.0322. The van der Waals surface area contributed by atoms with Gasteiger partial charge in [0.1, 0.15) is 5.75 Å². The lowest BCUT2D eigenvalue weighted by molar-refractivity contribution is 0.0785. The first-order chi connectivity index (χ1) is 10.5. The minimum Gasteiger partial charge on any atom is -0.491 e. The Morgan fingerprint density at radius 1 is 1.17 bits per heavy atom. The highest BCUT2D eigenvalue weighted by molar-refractivity contribution is 5.94. The van der Waals surface area contributed by atoms with Gasteiger partial charge in [0.25, 0.3) is 5.91 Å². The lowest BCUT2D eigenvalue weighted by Gasteiger charge is -2.18. The van der Waals surface area contributed by atoms with Crippen LogP contribution in [0.1, 0.15) is 29.8 Å². The van der Waals surface area contributed by atoms with Crippen molar-refractivity contribution < 1.29 is 9.53 Å². The predicted octanol–water partition coefficient (Wildman–Crippen LogP) is 3.75. The average Bonchev–Trinajstić information content (AvgIpc) is 2.47. The fourth-order valence-corrected chi connectivity index (χ4v) is 2.18. The second-order valence-corrected chi connectivity index (χ2v) is 5.60. The average molecular weight is 335 g/mol. The van der Waals surface area contributed by atoms with E-state index >= 15 is 0 Å². The molecule has 2 N–H and O–H groups in total. The van der Waals surface area contributed by atoms with Gasteiger partial charge < -0.3 is 15.4 Å². The van der Waals surface area contributed by atoms with Crippen molar-refractivity contribution in [3.8, 4) is 5.75 Å². The molecule has 0 saturated heterocycles. The normalized spacial score (nSPS) is 10.1. The van der Waals surface area contributed by atoms with Crippen LogP contribution in [0.3, 0.4) is 0 Å². The van der Waals surface area contributed by atoms with Crippen LogP contribution in [0.25, 0.3) is 0 Å². The molecule has 0 heterocycles. The molecular weight excluding hydrogens is 312 g/mol. The van der Waals surface area contributed by atoms with Gasteiger partial charge in [0.15, 0.2) is 0 Å². The lowest BCUT2D eigenvalue weighted by Crippen LogP contribution is -2.26. The Morgan fingerprint density at radius 3 is 2.43 bits per heavy atom. The van der Waals surface area contributed by atoms with Gasteiger partial charge in [0, 0.05) is 24.8 Å². The van der Waals surface area contributed by atoms with E-state index in [0.717, 1.165) is 11.3 Å². The number of anilines is 1. The molecule has 0 fully saturated rings. The van der Waals surface area contributed by atoms with Gasteiger partial charge in [0.05, 0.1) is 6.10 Å². The van der Waals surface area contributed by atoms with E-state index in [4.69, 9.17) is 10.5 Å². The Morgan fingerprint density at radius 2 is 1.83 bits per heavy atom. The van der Waals surface area contributed by atoms with Gasteiger partial charge in [-0.2, -0.15) is 0 Å². The summed E-state index contributed by atoms with van der Waals surface area (Å²) in [5, 5.41) is 0. The van der Waals surface area contributed by atoms with Crippen molar-refractivity contribution >= 4 is 24.0 Å². The molecule has 124 valence electrons. The molecule has 0 bridgehead atoms. The van der Waals surface area contributed by atoms with Crippen LogP contribution in [0.4, 0.5) is 5.69 Å². The van der Waals surface area contributed by atoms with Crippen LogP contribution < -0.4 is 10.5 Å². The summed E-state index contributed by atoms with van der Waals surface area (Å²) < 4.78 is 5.68. The number of halogens is 1. The maximum absolute atomic E-state index is 12.4. The molecule has 2 aromatic rings. The van der Waals surface area contributed by atoms with E-state index in [9.17, 15) is 4.79 Å². The summed E-state index contributed by atoms with van der Waals surface area (Å²) in [6, 6.07) is 14.8. The monoisotopic (exact) mass is 334 g/mol. The molecule has 0 radical (unpaired) electrons. The molecule has 0 aliphatic rings. The Bertz CT molecular complexity index is 642. The summed E-state index contributed by atoms with van der Waals surface area (Å²) in [5.41, 5.74) is 7.96. The van der Waals surface area contributed by atoms with Gasteiger partial charge in [-0.3, -0.25) is 4.79 Å². The van der Waals surface area contributed by atoms with Crippen molar-refractivity contribution in [3.05, 3.63) is 59.7 Å². The van der Waals surface area contributed by atoms with Crippen LogP contribution in [-0.4, -0.2) is 24.0 Å². The predicted molar refractivity (Wildman–Crippen MR) is 96.1 cm³/mol. The highest BCUT2D eigenvalue weighted by Crippen LogP contribution is 2.17. The third-order valence-corrected chi connectivity index (χ3v) is 3.19. The zero-order valence-corrected chi connectivity index (χ0v) is 14.5. The topological polar surface area (TPSA) is 55.6 Å². The van der Waals surface area contributed by atoms with Gasteiger partial charge in [-0.1, -0.05) is 12.1 Å². The highest BCUT2D eigenvalue weighted by Gasteiger charge is 2.12. The summed E-state index contributed by atoms with van der Waals surface area (Å²) in [4.78, 5) is 14.1. The van der Waals surface area contributed by atoms with Crippen molar-refractivity contribution in [1.29, 1.82) is 0 Å². The smallest absolute Gasteiger partial charge is 0.253 e. The highest BCUT2D eigenvalue weighted by atomic mass is 35.5. The number of hydrogen-bond donors (Lipinski definition) is 1. The second-order valence-electron chi connectivity index (χ2n) is 5.60. The van der Waals surface area contributed by atoms with Crippen molar-refractivity contribution in [2.45, 2.75) is 26.5 Å². The van der Waals surface area contributed by atoms with Gasteiger partial charge in [-0.25, -0.2) is 0 Å². The van der Waals surface area contributed by atoms with E-state index in [1.807, 2.05) is 38.1 Å². The van der Waals surface area contributed by atoms with Crippen LogP contribution in [-0.2, 0) is 6.54 Å². The fourth-order valence-electron chi connectivity index (χ4n) is 2.18. The van der Waals surface area contributed by atoms with E-state index in [1.54, 1.807) is 36.2 Å². The molecule has 0 aromatic heterocycles. The molecular formula is C18H23ClN2O2. The number of hydrogen-bond acceptors (Lipinski definition) is 3. The van der Waals surface area contributed by atoms with E-state index in [1.165, 1.54) is 0 Å². The molecule has 4 nitrogen and oxygen atoms in total. The Hall–Kier alpha value is -2.20. The Labute approximate surface area is 143 Å². The third kappa shape index (κ3) is 5.49. The lowest BCUT2D eigenvalue weighted by atomic mass is 10.1. The molecule has 0 unspecified atom stereocenters. The number of nitrogens with zero attached hydrogens (tertiary/aromatic N) is 1. The number of nitrogens with two attached hydrogens (primary N) is 1. The fraction of sp³-hybridized carbons (Fsp3) is 0.278. The number of nitrogen functional groups attached to an aromatic ring is 1. The number of ether oxygens (including phenoxy) is 1. The van der Waals surface area contributed by atoms with E-state index < -0.39 is 0 Å². The Balaban J connectivity index is 0.00000264. The van der Waals surface area contributed by atoms with Crippen molar-refractivity contribution in [3.63, 3.8) is 0 Å². The molecule has 5 heteroatoms. The first-order valence-electron chi connectivity index (χ1n) is 7.32. The van der Waals surface area contributed by atoms with Crippen LogP contribution in [0.2, 0.25) is 0 Å². The largest absolute Gasteiger partial charge is 0.491 e. The quantitative estimate of drug-likeness (QED) is 0.847. The molecule has 0 spiro atoms.